The monoisotopic (exact) mass is 184 g/mol. The molecule has 0 aromatic heterocycles. The van der Waals surface area contributed by atoms with Crippen LogP contribution in [0.1, 0.15) is 30.9 Å². The summed E-state index contributed by atoms with van der Waals surface area (Å²) >= 11 is 0. The lowest BCUT2D eigenvalue weighted by Gasteiger charge is -2.24. The summed E-state index contributed by atoms with van der Waals surface area (Å²) in [5.74, 6) is 0.826. The molecule has 72 valence electrons. The number of allylic oxidation sites excluding steroid dienone is 1. The molecule has 0 aliphatic heterocycles. The Morgan fingerprint density at radius 2 is 2.07 bits per heavy atom. The molecule has 1 aromatic carbocycles. The van der Waals surface area contributed by atoms with Crippen LogP contribution < -0.4 is 0 Å². The van der Waals surface area contributed by atoms with E-state index in [0.29, 0.717) is 5.41 Å². The summed E-state index contributed by atoms with van der Waals surface area (Å²) in [5.41, 5.74) is 5.02. The Morgan fingerprint density at radius 3 is 2.93 bits per heavy atom. The summed E-state index contributed by atoms with van der Waals surface area (Å²) in [7, 11) is 0. The first-order chi connectivity index (χ1) is 6.70. The topological polar surface area (TPSA) is 0 Å². The Kier molecular flexibility index (Phi) is 1.48. The van der Waals surface area contributed by atoms with Crippen molar-refractivity contribution in [3.05, 3.63) is 47.5 Å². The van der Waals surface area contributed by atoms with Gasteiger partial charge in [-0.2, -0.15) is 0 Å². The minimum absolute atomic E-state index is 0.410. The van der Waals surface area contributed by atoms with E-state index in [4.69, 9.17) is 0 Å². The molecule has 0 N–H and O–H groups in total. The molecule has 2 aliphatic rings. The lowest BCUT2D eigenvalue weighted by molar-refractivity contribution is 0.379. The molecule has 2 aliphatic carbocycles. The predicted molar refractivity (Wildman–Crippen MR) is 59.4 cm³/mol. The van der Waals surface area contributed by atoms with Gasteiger partial charge in [-0.3, -0.25) is 0 Å². The summed E-state index contributed by atoms with van der Waals surface area (Å²) < 4.78 is 0. The van der Waals surface area contributed by atoms with Crippen molar-refractivity contribution in [3.8, 4) is 0 Å². The molecule has 1 aromatic rings. The lowest BCUT2D eigenvalue weighted by atomic mass is 9.79. The maximum absolute atomic E-state index is 4.15. The van der Waals surface area contributed by atoms with E-state index in [1.54, 1.807) is 11.1 Å². The van der Waals surface area contributed by atoms with E-state index in [-0.39, 0.29) is 0 Å². The Hall–Kier alpha value is -1.04. The SMILES string of the molecule is C=C1C[C@@H]2Cc3ccccc3[C@]2(C)C1. The molecule has 0 nitrogen and oxygen atoms in total. The van der Waals surface area contributed by atoms with Crippen LogP contribution in [0.15, 0.2) is 36.4 Å². The van der Waals surface area contributed by atoms with Crippen LogP contribution in [0.5, 0.6) is 0 Å². The highest BCUT2D eigenvalue weighted by Crippen LogP contribution is 2.54. The van der Waals surface area contributed by atoms with Crippen LogP contribution in [-0.4, -0.2) is 0 Å². The molecule has 3 rings (SSSR count). The second-order valence-electron chi connectivity index (χ2n) is 5.11. The highest BCUT2D eigenvalue weighted by atomic mass is 14.5. The molecule has 2 atom stereocenters. The lowest BCUT2D eigenvalue weighted by Crippen LogP contribution is -2.21. The third-order valence-corrected chi connectivity index (χ3v) is 4.15. The number of hydrogen-bond donors (Lipinski definition) is 0. The van der Waals surface area contributed by atoms with Crippen molar-refractivity contribution in [1.29, 1.82) is 0 Å². The average Bonchev–Trinajstić information content (AvgIpc) is 2.55. The Labute approximate surface area is 85.6 Å². The molecule has 0 amide bonds. The van der Waals surface area contributed by atoms with Gasteiger partial charge in [0, 0.05) is 0 Å². The van der Waals surface area contributed by atoms with Crippen molar-refractivity contribution in [3.63, 3.8) is 0 Å². The molecule has 0 radical (unpaired) electrons. The van der Waals surface area contributed by atoms with Gasteiger partial charge in [0.05, 0.1) is 0 Å². The first-order valence-electron chi connectivity index (χ1n) is 5.45. The maximum Gasteiger partial charge on any atom is -0.000110 e. The van der Waals surface area contributed by atoms with Crippen LogP contribution in [0.2, 0.25) is 0 Å². The van der Waals surface area contributed by atoms with E-state index >= 15 is 0 Å². The molecule has 1 saturated carbocycles. The van der Waals surface area contributed by atoms with E-state index in [1.807, 2.05) is 0 Å². The number of hydrogen-bond acceptors (Lipinski definition) is 0. The molecule has 1 fully saturated rings. The molecular weight excluding hydrogens is 168 g/mol. The van der Waals surface area contributed by atoms with Crippen molar-refractivity contribution in [2.45, 2.75) is 31.6 Å². The molecule has 0 heteroatoms. The van der Waals surface area contributed by atoms with Crippen molar-refractivity contribution < 1.29 is 0 Å². The molecule has 0 spiro atoms. The fraction of sp³-hybridized carbons (Fsp3) is 0.429. The third-order valence-electron chi connectivity index (χ3n) is 4.15. The first-order valence-corrected chi connectivity index (χ1v) is 5.45. The van der Waals surface area contributed by atoms with E-state index in [9.17, 15) is 0 Å². The molecular formula is C14H16. The van der Waals surface area contributed by atoms with Gasteiger partial charge in [0.2, 0.25) is 0 Å². The van der Waals surface area contributed by atoms with Gasteiger partial charge in [0.25, 0.3) is 0 Å². The van der Waals surface area contributed by atoms with Crippen LogP contribution in [0, 0.1) is 5.92 Å². The highest BCUT2D eigenvalue weighted by molar-refractivity contribution is 5.44. The Balaban J connectivity index is 2.15. The fourth-order valence-electron chi connectivity index (χ4n) is 3.44. The van der Waals surface area contributed by atoms with E-state index in [0.717, 1.165) is 5.92 Å². The summed E-state index contributed by atoms with van der Waals surface area (Å²) in [6.45, 7) is 6.57. The number of fused-ring (bicyclic) bond motifs is 3. The van der Waals surface area contributed by atoms with Gasteiger partial charge in [0.15, 0.2) is 0 Å². The number of rotatable bonds is 0. The zero-order valence-electron chi connectivity index (χ0n) is 8.72. The van der Waals surface area contributed by atoms with Crippen LogP contribution in [-0.2, 0) is 11.8 Å². The zero-order valence-corrected chi connectivity index (χ0v) is 8.72. The van der Waals surface area contributed by atoms with Crippen LogP contribution in [0.3, 0.4) is 0 Å². The maximum atomic E-state index is 4.15. The standard InChI is InChI=1S/C14H16/c1-10-7-12-8-11-5-3-4-6-13(11)14(12,2)9-10/h3-6,12H,1,7-9H2,2H3/t12-,14-/m1/s1. The minimum Gasteiger partial charge on any atom is -0.0998 e. The zero-order chi connectivity index (χ0) is 9.76. The van der Waals surface area contributed by atoms with Gasteiger partial charge in [-0.1, -0.05) is 43.3 Å². The summed E-state index contributed by atoms with van der Waals surface area (Å²) in [6.07, 6.45) is 3.71. The molecule has 0 saturated heterocycles. The van der Waals surface area contributed by atoms with Crippen molar-refractivity contribution in [1.82, 2.24) is 0 Å². The van der Waals surface area contributed by atoms with E-state index in [2.05, 4.69) is 37.8 Å². The van der Waals surface area contributed by atoms with Gasteiger partial charge in [-0.25, -0.2) is 0 Å². The number of benzene rings is 1. The third kappa shape index (κ3) is 0.890. The van der Waals surface area contributed by atoms with Crippen LogP contribution in [0.25, 0.3) is 0 Å². The largest absolute Gasteiger partial charge is 0.0998 e. The first kappa shape index (κ1) is 8.28. The average molecular weight is 184 g/mol. The van der Waals surface area contributed by atoms with Crippen LogP contribution in [0.4, 0.5) is 0 Å². The van der Waals surface area contributed by atoms with Crippen molar-refractivity contribution in [2.24, 2.45) is 5.92 Å². The Morgan fingerprint density at radius 1 is 1.29 bits per heavy atom. The van der Waals surface area contributed by atoms with Gasteiger partial charge in [-0.15, -0.1) is 0 Å². The summed E-state index contributed by atoms with van der Waals surface area (Å²) in [4.78, 5) is 0. The van der Waals surface area contributed by atoms with Crippen molar-refractivity contribution in [2.75, 3.05) is 0 Å². The quantitative estimate of drug-likeness (QED) is 0.542. The predicted octanol–water partition coefficient (Wildman–Crippen LogP) is 3.47. The molecule has 0 bridgehead atoms. The summed E-state index contributed by atoms with van der Waals surface area (Å²) in [5, 5.41) is 0. The van der Waals surface area contributed by atoms with Crippen molar-refractivity contribution >= 4 is 0 Å². The Bertz CT molecular complexity index is 402. The minimum atomic E-state index is 0.410. The second kappa shape index (κ2) is 2.50. The normalized spacial score (nSPS) is 34.4. The van der Waals surface area contributed by atoms with Gasteiger partial charge in [-0.05, 0) is 41.7 Å². The fourth-order valence-corrected chi connectivity index (χ4v) is 3.44. The smallest absolute Gasteiger partial charge is 0.000110 e. The summed E-state index contributed by atoms with van der Waals surface area (Å²) in [6, 6.07) is 8.95. The molecule has 0 unspecified atom stereocenters. The van der Waals surface area contributed by atoms with E-state index < -0.39 is 0 Å². The van der Waals surface area contributed by atoms with Gasteiger partial charge >= 0.3 is 0 Å². The van der Waals surface area contributed by atoms with Gasteiger partial charge < -0.3 is 0 Å². The molecule has 0 heterocycles. The van der Waals surface area contributed by atoms with E-state index in [1.165, 1.54) is 24.8 Å². The van der Waals surface area contributed by atoms with Gasteiger partial charge in [0.1, 0.15) is 0 Å². The highest BCUT2D eigenvalue weighted by Gasteiger charge is 2.46. The second-order valence-corrected chi connectivity index (χ2v) is 5.11. The van der Waals surface area contributed by atoms with Crippen LogP contribution >= 0.6 is 0 Å². The molecule has 14 heavy (non-hydrogen) atoms.